The van der Waals surface area contributed by atoms with Crippen LogP contribution in [0.15, 0.2) is 40.9 Å². The van der Waals surface area contributed by atoms with Crippen molar-refractivity contribution in [1.29, 1.82) is 0 Å². The summed E-state index contributed by atoms with van der Waals surface area (Å²) in [7, 11) is 0. The van der Waals surface area contributed by atoms with E-state index in [1.807, 2.05) is 18.2 Å². The highest BCUT2D eigenvalue weighted by Crippen LogP contribution is 2.04. The SMILES string of the molecule is Cc1cc(C(=O)NCCCCc2ccccc2)no1. The minimum atomic E-state index is -0.170. The van der Waals surface area contributed by atoms with Crippen LogP contribution in [0.4, 0.5) is 0 Å². The van der Waals surface area contributed by atoms with Gasteiger partial charge in [0.15, 0.2) is 5.69 Å². The third-order valence-electron chi connectivity index (χ3n) is 2.88. The summed E-state index contributed by atoms with van der Waals surface area (Å²) in [5.74, 6) is 0.478. The van der Waals surface area contributed by atoms with E-state index in [1.54, 1.807) is 13.0 Å². The van der Waals surface area contributed by atoms with Crippen molar-refractivity contribution in [2.24, 2.45) is 0 Å². The molecule has 100 valence electrons. The molecule has 2 aromatic rings. The fraction of sp³-hybridized carbons (Fsp3) is 0.333. The Bertz CT molecular complexity index is 520. The molecule has 0 aliphatic carbocycles. The molecule has 0 saturated heterocycles. The smallest absolute Gasteiger partial charge is 0.273 e. The zero-order valence-electron chi connectivity index (χ0n) is 11.1. The van der Waals surface area contributed by atoms with Crippen LogP contribution in [0.25, 0.3) is 0 Å². The molecular formula is C15H18N2O2. The molecular weight excluding hydrogens is 240 g/mol. The number of unbranched alkanes of at least 4 members (excludes halogenated alkanes) is 1. The number of nitrogens with zero attached hydrogens (tertiary/aromatic N) is 1. The van der Waals surface area contributed by atoms with Crippen molar-refractivity contribution in [2.45, 2.75) is 26.2 Å². The van der Waals surface area contributed by atoms with E-state index in [2.05, 4.69) is 22.6 Å². The van der Waals surface area contributed by atoms with Crippen molar-refractivity contribution in [1.82, 2.24) is 10.5 Å². The largest absolute Gasteiger partial charge is 0.361 e. The van der Waals surface area contributed by atoms with Crippen LogP contribution in [0.5, 0.6) is 0 Å². The molecule has 1 heterocycles. The molecule has 19 heavy (non-hydrogen) atoms. The Kier molecular flexibility index (Phi) is 4.72. The lowest BCUT2D eigenvalue weighted by Crippen LogP contribution is -2.24. The Hall–Kier alpha value is -2.10. The van der Waals surface area contributed by atoms with Crippen LogP contribution in [0.2, 0.25) is 0 Å². The van der Waals surface area contributed by atoms with Crippen molar-refractivity contribution >= 4 is 5.91 Å². The van der Waals surface area contributed by atoms with Crippen LogP contribution in [-0.2, 0) is 6.42 Å². The summed E-state index contributed by atoms with van der Waals surface area (Å²) < 4.78 is 4.86. The number of carbonyl (C=O) groups excluding carboxylic acids is 1. The van der Waals surface area contributed by atoms with Gasteiger partial charge in [0.25, 0.3) is 5.91 Å². The van der Waals surface area contributed by atoms with E-state index in [-0.39, 0.29) is 5.91 Å². The van der Waals surface area contributed by atoms with E-state index in [1.165, 1.54) is 5.56 Å². The summed E-state index contributed by atoms with van der Waals surface area (Å²) >= 11 is 0. The zero-order valence-corrected chi connectivity index (χ0v) is 11.1. The number of benzene rings is 1. The van der Waals surface area contributed by atoms with Crippen LogP contribution in [0.3, 0.4) is 0 Å². The molecule has 0 radical (unpaired) electrons. The molecule has 1 aromatic carbocycles. The quantitative estimate of drug-likeness (QED) is 0.810. The van der Waals surface area contributed by atoms with Gasteiger partial charge in [0.2, 0.25) is 0 Å². The molecule has 1 N–H and O–H groups in total. The van der Waals surface area contributed by atoms with Gasteiger partial charge in [-0.2, -0.15) is 0 Å². The highest BCUT2D eigenvalue weighted by atomic mass is 16.5. The molecule has 1 aromatic heterocycles. The van der Waals surface area contributed by atoms with Gasteiger partial charge in [0.1, 0.15) is 5.76 Å². The zero-order chi connectivity index (χ0) is 13.5. The van der Waals surface area contributed by atoms with Gasteiger partial charge < -0.3 is 9.84 Å². The number of amides is 1. The molecule has 0 atom stereocenters. The standard InChI is InChI=1S/C15H18N2O2/c1-12-11-14(17-19-12)15(18)16-10-6-5-9-13-7-3-2-4-8-13/h2-4,7-8,11H,5-6,9-10H2,1H3,(H,16,18). The average Bonchev–Trinajstić information content (AvgIpc) is 2.86. The van der Waals surface area contributed by atoms with Gasteiger partial charge in [-0.25, -0.2) is 0 Å². The van der Waals surface area contributed by atoms with Crippen molar-refractivity contribution in [2.75, 3.05) is 6.54 Å². The maximum Gasteiger partial charge on any atom is 0.273 e. The molecule has 0 spiro atoms. The van der Waals surface area contributed by atoms with Gasteiger partial charge in [-0.05, 0) is 31.7 Å². The first-order chi connectivity index (χ1) is 9.25. The average molecular weight is 258 g/mol. The van der Waals surface area contributed by atoms with E-state index in [9.17, 15) is 4.79 Å². The summed E-state index contributed by atoms with van der Waals surface area (Å²) in [4.78, 5) is 11.7. The van der Waals surface area contributed by atoms with E-state index < -0.39 is 0 Å². The monoisotopic (exact) mass is 258 g/mol. The second-order valence-electron chi connectivity index (χ2n) is 4.52. The number of carbonyl (C=O) groups is 1. The highest BCUT2D eigenvalue weighted by Gasteiger charge is 2.09. The van der Waals surface area contributed by atoms with Gasteiger partial charge >= 0.3 is 0 Å². The molecule has 0 unspecified atom stereocenters. The highest BCUT2D eigenvalue weighted by molar-refractivity contribution is 5.92. The summed E-state index contributed by atoms with van der Waals surface area (Å²) in [6, 6.07) is 12.0. The Balaban J connectivity index is 1.63. The Morgan fingerprint density at radius 2 is 2.05 bits per heavy atom. The maximum absolute atomic E-state index is 11.7. The molecule has 1 amide bonds. The van der Waals surface area contributed by atoms with Gasteiger partial charge in [-0.3, -0.25) is 4.79 Å². The molecule has 4 heteroatoms. The number of aryl methyl sites for hydroxylation is 2. The third kappa shape index (κ3) is 4.25. The second kappa shape index (κ2) is 6.73. The van der Waals surface area contributed by atoms with Crippen LogP contribution in [-0.4, -0.2) is 17.6 Å². The molecule has 0 fully saturated rings. The summed E-state index contributed by atoms with van der Waals surface area (Å²) in [5.41, 5.74) is 1.68. The van der Waals surface area contributed by atoms with Crippen molar-refractivity contribution in [3.05, 3.63) is 53.4 Å². The molecule has 4 nitrogen and oxygen atoms in total. The van der Waals surface area contributed by atoms with E-state index in [0.717, 1.165) is 19.3 Å². The lowest BCUT2D eigenvalue weighted by Gasteiger charge is -2.03. The number of hydrogen-bond acceptors (Lipinski definition) is 3. The lowest BCUT2D eigenvalue weighted by molar-refractivity contribution is 0.0944. The molecule has 0 aliphatic rings. The Morgan fingerprint density at radius 3 is 2.74 bits per heavy atom. The topological polar surface area (TPSA) is 55.1 Å². The normalized spacial score (nSPS) is 10.4. The lowest BCUT2D eigenvalue weighted by atomic mass is 10.1. The summed E-state index contributed by atoms with van der Waals surface area (Å²) in [6.07, 6.45) is 3.05. The molecule has 0 bridgehead atoms. The minimum Gasteiger partial charge on any atom is -0.361 e. The van der Waals surface area contributed by atoms with Crippen LogP contribution >= 0.6 is 0 Å². The van der Waals surface area contributed by atoms with E-state index in [0.29, 0.717) is 18.0 Å². The fourth-order valence-electron chi connectivity index (χ4n) is 1.86. The van der Waals surface area contributed by atoms with E-state index in [4.69, 9.17) is 4.52 Å². The summed E-state index contributed by atoms with van der Waals surface area (Å²) in [5, 5.41) is 6.51. The predicted molar refractivity (Wildman–Crippen MR) is 73.0 cm³/mol. The fourth-order valence-corrected chi connectivity index (χ4v) is 1.86. The van der Waals surface area contributed by atoms with Gasteiger partial charge in [0.05, 0.1) is 0 Å². The number of nitrogens with one attached hydrogen (secondary N) is 1. The number of rotatable bonds is 6. The molecule has 0 saturated carbocycles. The van der Waals surface area contributed by atoms with Crippen molar-refractivity contribution in [3.8, 4) is 0 Å². The van der Waals surface area contributed by atoms with Crippen molar-refractivity contribution < 1.29 is 9.32 Å². The van der Waals surface area contributed by atoms with Crippen LogP contribution in [0.1, 0.15) is 34.7 Å². The first-order valence-electron chi connectivity index (χ1n) is 6.51. The maximum atomic E-state index is 11.7. The van der Waals surface area contributed by atoms with Crippen molar-refractivity contribution in [3.63, 3.8) is 0 Å². The van der Waals surface area contributed by atoms with Gasteiger partial charge in [-0.1, -0.05) is 35.5 Å². The predicted octanol–water partition coefficient (Wildman–Crippen LogP) is 2.74. The first kappa shape index (κ1) is 13.3. The van der Waals surface area contributed by atoms with Crippen LogP contribution in [0, 0.1) is 6.92 Å². The third-order valence-corrected chi connectivity index (χ3v) is 2.88. The Labute approximate surface area is 112 Å². The second-order valence-corrected chi connectivity index (χ2v) is 4.52. The van der Waals surface area contributed by atoms with Crippen LogP contribution < -0.4 is 5.32 Å². The molecule has 0 aliphatic heterocycles. The van der Waals surface area contributed by atoms with Gasteiger partial charge in [-0.15, -0.1) is 0 Å². The molecule has 2 rings (SSSR count). The van der Waals surface area contributed by atoms with Gasteiger partial charge in [0, 0.05) is 12.6 Å². The minimum absolute atomic E-state index is 0.170. The number of hydrogen-bond donors (Lipinski definition) is 1. The summed E-state index contributed by atoms with van der Waals surface area (Å²) in [6.45, 7) is 2.43. The number of aromatic nitrogens is 1. The first-order valence-corrected chi connectivity index (χ1v) is 6.51. The Morgan fingerprint density at radius 1 is 1.26 bits per heavy atom. The van der Waals surface area contributed by atoms with E-state index >= 15 is 0 Å².